The van der Waals surface area contributed by atoms with Crippen LogP contribution in [0.2, 0.25) is 0 Å². The van der Waals surface area contributed by atoms with Crippen LogP contribution in [0.15, 0.2) is 24.3 Å². The summed E-state index contributed by atoms with van der Waals surface area (Å²) in [4.78, 5) is 2.34. The lowest BCUT2D eigenvalue weighted by Gasteiger charge is -2.32. The SMILES string of the molecule is CC(C)OCCOc1cccc(N2CCCC(N)C2)c1. The van der Waals surface area contributed by atoms with Crippen molar-refractivity contribution >= 4 is 5.69 Å². The van der Waals surface area contributed by atoms with E-state index in [0.717, 1.165) is 31.7 Å². The lowest BCUT2D eigenvalue weighted by Crippen LogP contribution is -2.42. The number of hydrogen-bond acceptors (Lipinski definition) is 4. The van der Waals surface area contributed by atoms with Gasteiger partial charge in [-0.25, -0.2) is 0 Å². The van der Waals surface area contributed by atoms with Gasteiger partial charge in [0.15, 0.2) is 0 Å². The fraction of sp³-hybridized carbons (Fsp3) is 0.625. The van der Waals surface area contributed by atoms with Crippen molar-refractivity contribution in [3.8, 4) is 5.75 Å². The second-order valence-corrected chi connectivity index (χ2v) is 5.61. The summed E-state index contributed by atoms with van der Waals surface area (Å²) in [7, 11) is 0. The minimum Gasteiger partial charge on any atom is -0.491 e. The van der Waals surface area contributed by atoms with E-state index >= 15 is 0 Å². The molecule has 20 heavy (non-hydrogen) atoms. The number of nitrogens with two attached hydrogens (primary N) is 1. The van der Waals surface area contributed by atoms with E-state index in [-0.39, 0.29) is 12.1 Å². The van der Waals surface area contributed by atoms with Gasteiger partial charge in [-0.3, -0.25) is 0 Å². The lowest BCUT2D eigenvalue weighted by atomic mass is 10.1. The molecule has 0 radical (unpaired) electrons. The zero-order chi connectivity index (χ0) is 14.4. The number of anilines is 1. The molecule has 0 bridgehead atoms. The number of rotatable bonds is 6. The molecule has 4 nitrogen and oxygen atoms in total. The van der Waals surface area contributed by atoms with E-state index in [1.54, 1.807) is 0 Å². The Morgan fingerprint density at radius 3 is 2.95 bits per heavy atom. The highest BCUT2D eigenvalue weighted by molar-refractivity contribution is 5.51. The van der Waals surface area contributed by atoms with Crippen LogP contribution in [0.3, 0.4) is 0 Å². The van der Waals surface area contributed by atoms with Crippen LogP contribution in [0.1, 0.15) is 26.7 Å². The maximum Gasteiger partial charge on any atom is 0.121 e. The normalized spacial score (nSPS) is 19.4. The molecule has 0 aliphatic carbocycles. The predicted octanol–water partition coefficient (Wildman–Crippen LogP) is 2.42. The number of ether oxygens (including phenoxy) is 2. The van der Waals surface area contributed by atoms with Gasteiger partial charge < -0.3 is 20.1 Å². The van der Waals surface area contributed by atoms with E-state index in [1.165, 1.54) is 5.69 Å². The molecule has 1 aromatic carbocycles. The van der Waals surface area contributed by atoms with Gasteiger partial charge in [-0.05, 0) is 38.8 Å². The Labute approximate surface area is 121 Å². The molecule has 1 aromatic rings. The van der Waals surface area contributed by atoms with E-state index in [1.807, 2.05) is 26.0 Å². The van der Waals surface area contributed by atoms with E-state index in [4.69, 9.17) is 15.2 Å². The average molecular weight is 278 g/mol. The summed E-state index contributed by atoms with van der Waals surface area (Å²) in [6.07, 6.45) is 2.54. The topological polar surface area (TPSA) is 47.7 Å². The van der Waals surface area contributed by atoms with Crippen LogP contribution in [0, 0.1) is 0 Å². The molecule has 1 aliphatic heterocycles. The molecule has 1 fully saturated rings. The lowest BCUT2D eigenvalue weighted by molar-refractivity contribution is 0.0553. The number of benzene rings is 1. The smallest absolute Gasteiger partial charge is 0.121 e. The second kappa shape index (κ2) is 7.50. The van der Waals surface area contributed by atoms with Crippen molar-refractivity contribution in [1.82, 2.24) is 0 Å². The largest absolute Gasteiger partial charge is 0.491 e. The van der Waals surface area contributed by atoms with Crippen LogP contribution >= 0.6 is 0 Å². The van der Waals surface area contributed by atoms with Crippen molar-refractivity contribution in [2.24, 2.45) is 5.73 Å². The molecule has 4 heteroatoms. The highest BCUT2D eigenvalue weighted by atomic mass is 16.5. The molecule has 0 amide bonds. The summed E-state index contributed by atoms with van der Waals surface area (Å²) in [5.74, 6) is 0.897. The van der Waals surface area contributed by atoms with Gasteiger partial charge in [0, 0.05) is 30.9 Å². The van der Waals surface area contributed by atoms with Crippen LogP contribution < -0.4 is 15.4 Å². The molecule has 1 aliphatic rings. The molecule has 1 atom stereocenters. The maximum atomic E-state index is 6.04. The molecule has 1 saturated heterocycles. The number of nitrogens with zero attached hydrogens (tertiary/aromatic N) is 1. The summed E-state index contributed by atoms with van der Waals surface area (Å²) in [5.41, 5.74) is 7.23. The summed E-state index contributed by atoms with van der Waals surface area (Å²) >= 11 is 0. The fourth-order valence-electron chi connectivity index (χ4n) is 2.46. The van der Waals surface area contributed by atoms with Gasteiger partial charge in [0.05, 0.1) is 12.7 Å². The van der Waals surface area contributed by atoms with Crippen LogP contribution in [0.4, 0.5) is 5.69 Å². The highest BCUT2D eigenvalue weighted by Gasteiger charge is 2.17. The van der Waals surface area contributed by atoms with E-state index in [2.05, 4.69) is 17.0 Å². The maximum absolute atomic E-state index is 6.04. The predicted molar refractivity (Wildman–Crippen MR) is 82.4 cm³/mol. The molecular formula is C16H26N2O2. The Morgan fingerprint density at radius 1 is 1.35 bits per heavy atom. The van der Waals surface area contributed by atoms with Crippen molar-refractivity contribution in [2.75, 3.05) is 31.2 Å². The van der Waals surface area contributed by atoms with Crippen molar-refractivity contribution in [1.29, 1.82) is 0 Å². The standard InChI is InChI=1S/C16H26N2O2/c1-13(2)19-9-10-20-16-7-3-6-15(11-16)18-8-4-5-14(17)12-18/h3,6-7,11,13-14H,4-5,8-10,12,17H2,1-2H3. The summed E-state index contributed by atoms with van der Waals surface area (Å²) in [6, 6.07) is 8.52. The third-order valence-corrected chi connectivity index (χ3v) is 3.44. The quantitative estimate of drug-likeness (QED) is 0.812. The van der Waals surface area contributed by atoms with E-state index in [0.29, 0.717) is 13.2 Å². The van der Waals surface area contributed by atoms with Crippen LogP contribution in [0.25, 0.3) is 0 Å². The van der Waals surface area contributed by atoms with Crippen LogP contribution in [0.5, 0.6) is 5.75 Å². The Balaban J connectivity index is 1.87. The minimum atomic E-state index is 0.250. The van der Waals surface area contributed by atoms with E-state index < -0.39 is 0 Å². The first-order valence-electron chi connectivity index (χ1n) is 7.50. The molecule has 0 saturated carbocycles. The van der Waals surface area contributed by atoms with E-state index in [9.17, 15) is 0 Å². The number of hydrogen-bond donors (Lipinski definition) is 1. The van der Waals surface area contributed by atoms with Gasteiger partial charge >= 0.3 is 0 Å². The molecule has 2 rings (SSSR count). The minimum absolute atomic E-state index is 0.250. The fourth-order valence-corrected chi connectivity index (χ4v) is 2.46. The number of piperidine rings is 1. The third-order valence-electron chi connectivity index (χ3n) is 3.44. The molecule has 1 heterocycles. The molecule has 0 spiro atoms. The van der Waals surface area contributed by atoms with Crippen molar-refractivity contribution in [3.05, 3.63) is 24.3 Å². The monoisotopic (exact) mass is 278 g/mol. The van der Waals surface area contributed by atoms with Crippen LogP contribution in [-0.4, -0.2) is 38.4 Å². The van der Waals surface area contributed by atoms with Gasteiger partial charge in [0.1, 0.15) is 12.4 Å². The second-order valence-electron chi connectivity index (χ2n) is 5.61. The Hall–Kier alpha value is -1.26. The van der Waals surface area contributed by atoms with Crippen LogP contribution in [-0.2, 0) is 4.74 Å². The van der Waals surface area contributed by atoms with Gasteiger partial charge in [-0.15, -0.1) is 0 Å². The van der Waals surface area contributed by atoms with Gasteiger partial charge in [-0.1, -0.05) is 6.07 Å². The molecule has 1 unspecified atom stereocenters. The molecular weight excluding hydrogens is 252 g/mol. The molecule has 0 aromatic heterocycles. The zero-order valence-electron chi connectivity index (χ0n) is 12.5. The first-order chi connectivity index (χ1) is 9.65. The van der Waals surface area contributed by atoms with Crippen molar-refractivity contribution < 1.29 is 9.47 Å². The van der Waals surface area contributed by atoms with Crippen molar-refractivity contribution in [3.63, 3.8) is 0 Å². The average Bonchev–Trinajstić information content (AvgIpc) is 2.44. The summed E-state index contributed by atoms with van der Waals surface area (Å²) in [6.45, 7) is 7.27. The first kappa shape index (κ1) is 15.1. The first-order valence-corrected chi connectivity index (χ1v) is 7.50. The molecule has 112 valence electrons. The molecule has 2 N–H and O–H groups in total. The third kappa shape index (κ3) is 4.69. The van der Waals surface area contributed by atoms with Gasteiger partial charge in [0.2, 0.25) is 0 Å². The van der Waals surface area contributed by atoms with Crippen molar-refractivity contribution in [2.45, 2.75) is 38.8 Å². The Kier molecular flexibility index (Phi) is 5.68. The summed E-state index contributed by atoms with van der Waals surface area (Å²) < 4.78 is 11.2. The summed E-state index contributed by atoms with van der Waals surface area (Å²) in [5, 5.41) is 0. The van der Waals surface area contributed by atoms with Gasteiger partial charge in [0.25, 0.3) is 0 Å². The Morgan fingerprint density at radius 2 is 2.20 bits per heavy atom. The Bertz CT molecular complexity index is 409. The highest BCUT2D eigenvalue weighted by Crippen LogP contribution is 2.24. The zero-order valence-corrected chi connectivity index (χ0v) is 12.5. The van der Waals surface area contributed by atoms with Gasteiger partial charge in [-0.2, -0.15) is 0 Å².